The van der Waals surface area contributed by atoms with Crippen molar-refractivity contribution in [3.05, 3.63) is 94.0 Å². The molecule has 2 aromatic carbocycles. The summed E-state index contributed by atoms with van der Waals surface area (Å²) in [6, 6.07) is 13.1. The lowest BCUT2D eigenvalue weighted by atomic mass is 9.87. The summed E-state index contributed by atoms with van der Waals surface area (Å²) in [4.78, 5) is 28.9. The number of pyridine rings is 1. The first kappa shape index (κ1) is 33.2. The van der Waals surface area contributed by atoms with Crippen molar-refractivity contribution < 1.29 is 36.6 Å². The van der Waals surface area contributed by atoms with Crippen LogP contribution in [-0.2, 0) is 20.7 Å². The minimum atomic E-state index is -4.51. The maximum atomic E-state index is 13.6. The van der Waals surface area contributed by atoms with Gasteiger partial charge in [-0.25, -0.2) is 9.18 Å². The van der Waals surface area contributed by atoms with Gasteiger partial charge in [-0.1, -0.05) is 35.9 Å². The van der Waals surface area contributed by atoms with Crippen LogP contribution in [0.4, 0.5) is 28.0 Å². The van der Waals surface area contributed by atoms with Crippen molar-refractivity contribution in [2.24, 2.45) is 0 Å². The van der Waals surface area contributed by atoms with Crippen LogP contribution in [0.5, 0.6) is 0 Å². The van der Waals surface area contributed by atoms with Gasteiger partial charge in [-0.2, -0.15) is 13.2 Å². The number of aryl methyl sites for hydroxylation is 2. The zero-order chi connectivity index (χ0) is 31.7. The first-order valence-electron chi connectivity index (χ1n) is 14.0. The number of alkyl carbamates (subject to hydrolysis) is 1. The molecule has 3 aromatic rings. The van der Waals surface area contributed by atoms with E-state index in [1.54, 1.807) is 35.9 Å². The van der Waals surface area contributed by atoms with E-state index in [9.17, 15) is 27.2 Å². The third-order valence-electron chi connectivity index (χ3n) is 7.18. The van der Waals surface area contributed by atoms with Crippen molar-refractivity contribution in [2.45, 2.75) is 50.4 Å². The minimum absolute atomic E-state index is 0.106. The standard InChI is InChI=1S/C31H33ClF4N4O4/c1-19-12-22(5-9-27(19)32)26(20-2-6-23(33)7-3-20)13-29(41)40-28-15-37-11-10-21(28)4-8-25-14-38-24(16-43-25)17-44-30(42)39-18-31(34,35)36/h2-3,5-7,9-12,15,24-26,38H,4,8,13-14,16-18H2,1H3,(H,39,42)(H,40,41)/t24-,25+,26+/m0/s1. The first-order valence-corrected chi connectivity index (χ1v) is 14.4. The molecule has 2 amide bonds. The highest BCUT2D eigenvalue weighted by Crippen LogP contribution is 2.31. The van der Waals surface area contributed by atoms with E-state index in [4.69, 9.17) is 21.1 Å². The Labute approximate surface area is 257 Å². The number of nitrogens with zero attached hydrogens (tertiary/aromatic N) is 1. The lowest BCUT2D eigenvalue weighted by molar-refractivity contribution is -0.124. The molecule has 236 valence electrons. The fraction of sp³-hybridized carbons (Fsp3) is 0.387. The Morgan fingerprint density at radius 1 is 1.16 bits per heavy atom. The van der Waals surface area contributed by atoms with Crippen LogP contribution >= 0.6 is 11.6 Å². The maximum Gasteiger partial charge on any atom is 0.407 e. The molecule has 2 heterocycles. The summed E-state index contributed by atoms with van der Waals surface area (Å²) in [5, 5.41) is 8.42. The van der Waals surface area contributed by atoms with Crippen molar-refractivity contribution in [1.29, 1.82) is 0 Å². The fourth-order valence-electron chi connectivity index (χ4n) is 4.83. The number of halogens is 5. The third kappa shape index (κ3) is 10.2. The van der Waals surface area contributed by atoms with Gasteiger partial charge in [0, 0.05) is 30.1 Å². The molecule has 1 aromatic heterocycles. The third-order valence-corrected chi connectivity index (χ3v) is 7.61. The van der Waals surface area contributed by atoms with Crippen LogP contribution in [-0.4, -0.2) is 61.6 Å². The highest BCUT2D eigenvalue weighted by molar-refractivity contribution is 6.31. The number of amides is 2. The number of ether oxygens (including phenoxy) is 2. The topological polar surface area (TPSA) is 102 Å². The minimum Gasteiger partial charge on any atom is -0.448 e. The molecule has 0 saturated carbocycles. The Kier molecular flexibility index (Phi) is 11.5. The van der Waals surface area contributed by atoms with E-state index < -0.39 is 18.8 Å². The molecule has 3 atom stereocenters. The number of anilines is 1. The molecule has 1 saturated heterocycles. The van der Waals surface area contributed by atoms with E-state index >= 15 is 0 Å². The van der Waals surface area contributed by atoms with Gasteiger partial charge < -0.3 is 25.4 Å². The second kappa shape index (κ2) is 15.3. The summed E-state index contributed by atoms with van der Waals surface area (Å²) in [5.74, 6) is -0.933. The van der Waals surface area contributed by atoms with Gasteiger partial charge in [0.15, 0.2) is 0 Å². The number of rotatable bonds is 11. The number of nitrogens with one attached hydrogen (secondary N) is 3. The van der Waals surface area contributed by atoms with Gasteiger partial charge in [0.05, 0.1) is 30.6 Å². The molecule has 1 aliphatic heterocycles. The first-order chi connectivity index (χ1) is 21.0. The molecule has 1 fully saturated rings. The van der Waals surface area contributed by atoms with E-state index in [0.29, 0.717) is 30.1 Å². The molecular formula is C31H33ClF4N4O4. The largest absolute Gasteiger partial charge is 0.448 e. The predicted molar refractivity (Wildman–Crippen MR) is 157 cm³/mol. The summed E-state index contributed by atoms with van der Waals surface area (Å²) in [5.41, 5.74) is 3.98. The molecule has 0 bridgehead atoms. The molecule has 0 spiro atoms. The zero-order valence-corrected chi connectivity index (χ0v) is 24.7. The molecular weight excluding hydrogens is 604 g/mol. The average Bonchev–Trinajstić information content (AvgIpc) is 2.99. The van der Waals surface area contributed by atoms with Crippen LogP contribution < -0.4 is 16.0 Å². The Hall–Kier alpha value is -3.74. The van der Waals surface area contributed by atoms with Gasteiger partial charge in [-0.3, -0.25) is 9.78 Å². The molecule has 0 aliphatic carbocycles. The van der Waals surface area contributed by atoms with Crippen molar-refractivity contribution >= 4 is 29.3 Å². The summed E-state index contributed by atoms with van der Waals surface area (Å²) < 4.78 is 61.0. The molecule has 1 aliphatic rings. The highest BCUT2D eigenvalue weighted by Gasteiger charge is 2.29. The monoisotopic (exact) mass is 636 g/mol. The van der Waals surface area contributed by atoms with Crippen LogP contribution in [0.1, 0.15) is 41.0 Å². The second-order valence-electron chi connectivity index (χ2n) is 10.6. The van der Waals surface area contributed by atoms with Crippen molar-refractivity contribution in [2.75, 3.05) is 31.6 Å². The van der Waals surface area contributed by atoms with E-state index in [0.717, 1.165) is 22.3 Å². The summed E-state index contributed by atoms with van der Waals surface area (Å²) >= 11 is 6.22. The fourth-order valence-corrected chi connectivity index (χ4v) is 4.94. The Balaban J connectivity index is 1.30. The number of carbonyl (C=O) groups excluding carboxylic acids is 2. The van der Waals surface area contributed by atoms with Crippen molar-refractivity contribution in [3.8, 4) is 0 Å². The number of morpholine rings is 1. The normalized spacial score (nSPS) is 17.5. The maximum absolute atomic E-state index is 13.6. The molecule has 8 nitrogen and oxygen atoms in total. The van der Waals surface area contributed by atoms with Crippen LogP contribution in [0, 0.1) is 12.7 Å². The quantitative estimate of drug-likeness (QED) is 0.226. The molecule has 13 heteroatoms. The lowest BCUT2D eigenvalue weighted by Gasteiger charge is -2.30. The summed E-state index contributed by atoms with van der Waals surface area (Å²) in [7, 11) is 0. The highest BCUT2D eigenvalue weighted by atomic mass is 35.5. The van der Waals surface area contributed by atoms with E-state index in [1.807, 2.05) is 25.1 Å². The summed E-state index contributed by atoms with van der Waals surface area (Å²) in [6.45, 7) is 0.954. The number of alkyl halides is 3. The van der Waals surface area contributed by atoms with Crippen LogP contribution in [0.2, 0.25) is 5.02 Å². The van der Waals surface area contributed by atoms with E-state index in [2.05, 4.69) is 15.6 Å². The van der Waals surface area contributed by atoms with Gasteiger partial charge in [0.2, 0.25) is 5.91 Å². The Bertz CT molecular complexity index is 1420. The second-order valence-corrected chi connectivity index (χ2v) is 11.0. The van der Waals surface area contributed by atoms with Crippen LogP contribution in [0.15, 0.2) is 60.9 Å². The zero-order valence-electron chi connectivity index (χ0n) is 23.9. The van der Waals surface area contributed by atoms with Crippen LogP contribution in [0.3, 0.4) is 0 Å². The molecule has 3 N–H and O–H groups in total. The van der Waals surface area contributed by atoms with Gasteiger partial charge in [0.1, 0.15) is 19.0 Å². The predicted octanol–water partition coefficient (Wildman–Crippen LogP) is 5.92. The van der Waals surface area contributed by atoms with E-state index in [1.165, 1.54) is 12.1 Å². The van der Waals surface area contributed by atoms with Gasteiger partial charge in [-0.05, 0) is 66.3 Å². The number of carbonyl (C=O) groups is 2. The van der Waals surface area contributed by atoms with Crippen LogP contribution in [0.25, 0.3) is 0 Å². The smallest absolute Gasteiger partial charge is 0.407 e. The number of aromatic nitrogens is 1. The number of hydrogen-bond donors (Lipinski definition) is 3. The Morgan fingerprint density at radius 2 is 1.91 bits per heavy atom. The van der Waals surface area contributed by atoms with Crippen molar-refractivity contribution in [3.63, 3.8) is 0 Å². The lowest BCUT2D eigenvalue weighted by Crippen LogP contribution is -2.49. The molecule has 0 unspecified atom stereocenters. The summed E-state index contributed by atoms with van der Waals surface area (Å²) in [6.07, 6.45) is -1.31. The molecule has 44 heavy (non-hydrogen) atoms. The number of benzene rings is 2. The SMILES string of the molecule is Cc1cc([C@H](CC(=O)Nc2cnccc2CC[C@@H]2CN[C@H](COC(=O)NCC(F)(F)F)CO2)c2ccc(F)cc2)ccc1Cl. The Morgan fingerprint density at radius 3 is 2.59 bits per heavy atom. The number of hydrogen-bond acceptors (Lipinski definition) is 6. The molecule has 0 radical (unpaired) electrons. The van der Waals surface area contributed by atoms with E-state index in [-0.39, 0.29) is 49.4 Å². The molecule has 4 rings (SSSR count). The van der Waals surface area contributed by atoms with Gasteiger partial charge in [-0.15, -0.1) is 0 Å². The van der Waals surface area contributed by atoms with Gasteiger partial charge >= 0.3 is 12.3 Å². The van der Waals surface area contributed by atoms with Gasteiger partial charge in [0.25, 0.3) is 0 Å². The van der Waals surface area contributed by atoms with Crippen molar-refractivity contribution in [1.82, 2.24) is 15.6 Å². The average molecular weight is 637 g/mol.